The molecule has 0 saturated carbocycles. The molecular weight excluding hydrogens is 286 g/mol. The van der Waals surface area contributed by atoms with Crippen molar-refractivity contribution in [2.75, 3.05) is 5.32 Å². The van der Waals surface area contributed by atoms with Gasteiger partial charge in [0, 0.05) is 17.4 Å². The van der Waals surface area contributed by atoms with Crippen LogP contribution in [0.2, 0.25) is 0 Å². The highest BCUT2D eigenvalue weighted by molar-refractivity contribution is 5.93. The van der Waals surface area contributed by atoms with Crippen LogP contribution in [0.25, 0.3) is 11.3 Å². The summed E-state index contributed by atoms with van der Waals surface area (Å²) < 4.78 is 1.72. The van der Waals surface area contributed by atoms with E-state index < -0.39 is 0 Å². The van der Waals surface area contributed by atoms with Crippen LogP contribution in [0.15, 0.2) is 66.9 Å². The molecule has 0 fully saturated rings. The number of carbonyl (C=O) groups excluding carboxylic acids is 1. The number of anilines is 1. The lowest BCUT2D eigenvalue weighted by molar-refractivity contribution is -0.119. The van der Waals surface area contributed by atoms with E-state index in [0.717, 1.165) is 22.5 Å². The zero-order chi connectivity index (χ0) is 16.2. The molecule has 0 aliphatic rings. The summed E-state index contributed by atoms with van der Waals surface area (Å²) in [6.45, 7) is 3.85. The minimum absolute atomic E-state index is 0.0849. The van der Waals surface area contributed by atoms with Crippen molar-refractivity contribution in [3.63, 3.8) is 0 Å². The fourth-order valence-electron chi connectivity index (χ4n) is 2.45. The van der Waals surface area contributed by atoms with E-state index in [2.05, 4.69) is 10.4 Å². The lowest BCUT2D eigenvalue weighted by Crippen LogP contribution is -2.24. The Bertz CT molecular complexity index is 794. The molecule has 1 amide bonds. The third-order valence-corrected chi connectivity index (χ3v) is 3.78. The van der Waals surface area contributed by atoms with Gasteiger partial charge in [-0.3, -0.25) is 9.48 Å². The second kappa shape index (κ2) is 6.48. The quantitative estimate of drug-likeness (QED) is 0.790. The largest absolute Gasteiger partial charge is 0.324 e. The number of carbonyl (C=O) groups is 1. The first-order valence-corrected chi connectivity index (χ1v) is 7.62. The summed E-state index contributed by atoms with van der Waals surface area (Å²) in [7, 11) is 0. The van der Waals surface area contributed by atoms with Crippen LogP contribution in [0.4, 0.5) is 5.69 Å². The van der Waals surface area contributed by atoms with Crippen LogP contribution in [0, 0.1) is 6.92 Å². The average Bonchev–Trinajstić information content (AvgIpc) is 2.97. The molecule has 4 heteroatoms. The highest BCUT2D eigenvalue weighted by Crippen LogP contribution is 2.23. The SMILES string of the molecule is Cc1cn(C(C)C(=O)Nc2ccccc2)nc1-c1ccccc1. The van der Waals surface area contributed by atoms with Crippen LogP contribution in [0.5, 0.6) is 0 Å². The maximum absolute atomic E-state index is 12.4. The third kappa shape index (κ3) is 3.31. The second-order valence-corrected chi connectivity index (χ2v) is 5.54. The van der Waals surface area contributed by atoms with Crippen LogP contribution >= 0.6 is 0 Å². The molecule has 1 unspecified atom stereocenters. The summed E-state index contributed by atoms with van der Waals surface area (Å²) >= 11 is 0. The van der Waals surface area contributed by atoms with Crippen LogP contribution in [0.1, 0.15) is 18.5 Å². The van der Waals surface area contributed by atoms with Gasteiger partial charge in [0.1, 0.15) is 6.04 Å². The van der Waals surface area contributed by atoms with Crippen molar-refractivity contribution in [2.24, 2.45) is 0 Å². The predicted octanol–water partition coefficient (Wildman–Crippen LogP) is 4.06. The van der Waals surface area contributed by atoms with E-state index in [4.69, 9.17) is 0 Å². The van der Waals surface area contributed by atoms with Gasteiger partial charge in [0.2, 0.25) is 5.91 Å². The summed E-state index contributed by atoms with van der Waals surface area (Å²) in [5.74, 6) is -0.0849. The Morgan fingerprint density at radius 2 is 1.65 bits per heavy atom. The fraction of sp³-hybridized carbons (Fsp3) is 0.158. The Morgan fingerprint density at radius 1 is 1.04 bits per heavy atom. The van der Waals surface area contributed by atoms with Gasteiger partial charge < -0.3 is 5.32 Å². The summed E-state index contributed by atoms with van der Waals surface area (Å²) in [4.78, 5) is 12.4. The minimum Gasteiger partial charge on any atom is -0.324 e. The molecule has 4 nitrogen and oxygen atoms in total. The maximum Gasteiger partial charge on any atom is 0.248 e. The minimum atomic E-state index is -0.383. The van der Waals surface area contributed by atoms with Gasteiger partial charge in [0.25, 0.3) is 0 Å². The first kappa shape index (κ1) is 15.0. The summed E-state index contributed by atoms with van der Waals surface area (Å²) in [6.07, 6.45) is 1.91. The second-order valence-electron chi connectivity index (χ2n) is 5.54. The molecule has 1 heterocycles. The van der Waals surface area contributed by atoms with E-state index in [9.17, 15) is 4.79 Å². The number of hydrogen-bond acceptors (Lipinski definition) is 2. The number of nitrogens with one attached hydrogen (secondary N) is 1. The molecule has 1 N–H and O–H groups in total. The van der Waals surface area contributed by atoms with Gasteiger partial charge in [-0.1, -0.05) is 48.5 Å². The number of aromatic nitrogens is 2. The fourth-order valence-corrected chi connectivity index (χ4v) is 2.45. The summed E-state index contributed by atoms with van der Waals surface area (Å²) in [5, 5.41) is 7.51. The molecule has 1 aromatic heterocycles. The van der Waals surface area contributed by atoms with Gasteiger partial charge in [0.05, 0.1) is 5.69 Å². The van der Waals surface area contributed by atoms with Gasteiger partial charge in [0.15, 0.2) is 0 Å². The maximum atomic E-state index is 12.4. The summed E-state index contributed by atoms with van der Waals surface area (Å²) in [5.41, 5.74) is 3.80. The number of rotatable bonds is 4. The first-order chi connectivity index (χ1) is 11.1. The highest BCUT2D eigenvalue weighted by Gasteiger charge is 2.18. The van der Waals surface area contributed by atoms with Crippen molar-refractivity contribution in [3.05, 3.63) is 72.4 Å². The number of nitrogens with zero attached hydrogens (tertiary/aromatic N) is 2. The van der Waals surface area contributed by atoms with Crippen molar-refractivity contribution < 1.29 is 4.79 Å². The lowest BCUT2D eigenvalue weighted by atomic mass is 10.1. The molecule has 116 valence electrons. The molecule has 1 atom stereocenters. The van der Waals surface area contributed by atoms with Crippen molar-refractivity contribution in [1.82, 2.24) is 9.78 Å². The Kier molecular flexibility index (Phi) is 4.24. The molecule has 2 aromatic carbocycles. The van der Waals surface area contributed by atoms with Gasteiger partial charge in [-0.15, -0.1) is 0 Å². The number of benzene rings is 2. The molecular formula is C19H19N3O. The van der Waals surface area contributed by atoms with E-state index in [1.807, 2.05) is 80.7 Å². The summed E-state index contributed by atoms with van der Waals surface area (Å²) in [6, 6.07) is 19.1. The van der Waals surface area contributed by atoms with Gasteiger partial charge in [-0.05, 0) is 31.5 Å². The van der Waals surface area contributed by atoms with Crippen LogP contribution in [-0.2, 0) is 4.79 Å². The van der Waals surface area contributed by atoms with E-state index in [1.54, 1.807) is 4.68 Å². The van der Waals surface area contributed by atoms with Crippen molar-refractivity contribution in [1.29, 1.82) is 0 Å². The van der Waals surface area contributed by atoms with Gasteiger partial charge >= 0.3 is 0 Å². The monoisotopic (exact) mass is 305 g/mol. The van der Waals surface area contributed by atoms with Crippen LogP contribution in [0.3, 0.4) is 0 Å². The van der Waals surface area contributed by atoms with Crippen molar-refractivity contribution >= 4 is 11.6 Å². The van der Waals surface area contributed by atoms with E-state index in [-0.39, 0.29) is 11.9 Å². The lowest BCUT2D eigenvalue weighted by Gasteiger charge is -2.12. The predicted molar refractivity (Wildman–Crippen MR) is 92.2 cm³/mol. The number of para-hydroxylation sites is 1. The first-order valence-electron chi connectivity index (χ1n) is 7.62. The normalized spacial score (nSPS) is 11.9. The molecule has 3 rings (SSSR count). The van der Waals surface area contributed by atoms with Crippen molar-refractivity contribution in [3.8, 4) is 11.3 Å². The Labute approximate surface area is 135 Å². The molecule has 0 spiro atoms. The van der Waals surface area contributed by atoms with Crippen LogP contribution in [-0.4, -0.2) is 15.7 Å². The molecule has 23 heavy (non-hydrogen) atoms. The molecule has 0 bridgehead atoms. The average molecular weight is 305 g/mol. The number of hydrogen-bond donors (Lipinski definition) is 1. The molecule has 0 aliphatic carbocycles. The number of amides is 1. The van der Waals surface area contributed by atoms with Gasteiger partial charge in [-0.2, -0.15) is 5.10 Å². The standard InChI is InChI=1S/C19H19N3O/c1-14-13-22(21-18(14)16-9-5-3-6-10-16)15(2)19(23)20-17-11-7-4-8-12-17/h3-13,15H,1-2H3,(H,20,23). The smallest absolute Gasteiger partial charge is 0.248 e. The van der Waals surface area contributed by atoms with Gasteiger partial charge in [-0.25, -0.2) is 0 Å². The molecule has 3 aromatic rings. The van der Waals surface area contributed by atoms with E-state index in [1.165, 1.54) is 0 Å². The Balaban J connectivity index is 1.80. The third-order valence-electron chi connectivity index (χ3n) is 3.78. The van der Waals surface area contributed by atoms with Crippen molar-refractivity contribution in [2.45, 2.75) is 19.9 Å². The topological polar surface area (TPSA) is 46.9 Å². The Morgan fingerprint density at radius 3 is 2.30 bits per heavy atom. The molecule has 0 saturated heterocycles. The molecule has 0 radical (unpaired) electrons. The van der Waals surface area contributed by atoms with E-state index in [0.29, 0.717) is 0 Å². The molecule has 0 aliphatic heterocycles. The van der Waals surface area contributed by atoms with Crippen LogP contribution < -0.4 is 5.32 Å². The van der Waals surface area contributed by atoms with E-state index >= 15 is 0 Å². The zero-order valence-electron chi connectivity index (χ0n) is 13.2. The zero-order valence-corrected chi connectivity index (χ0v) is 13.2. The highest BCUT2D eigenvalue weighted by atomic mass is 16.2. The number of aryl methyl sites for hydroxylation is 1. The Hall–Kier alpha value is -2.88.